The van der Waals surface area contributed by atoms with Crippen LogP contribution in [0.15, 0.2) is 0 Å². The summed E-state index contributed by atoms with van der Waals surface area (Å²) in [6.45, 7) is 1.31. The van der Waals surface area contributed by atoms with Crippen molar-refractivity contribution in [2.45, 2.75) is 25.8 Å². The summed E-state index contributed by atoms with van der Waals surface area (Å²) >= 11 is 0. The van der Waals surface area contributed by atoms with E-state index in [-0.39, 0.29) is 18.8 Å². The first-order valence-corrected chi connectivity index (χ1v) is 5.92. The van der Waals surface area contributed by atoms with E-state index in [2.05, 4.69) is 0 Å². The average molecular weight is 225 g/mol. The lowest BCUT2D eigenvalue weighted by atomic mass is 10.2. The molecule has 0 aliphatic carbocycles. The Labute approximate surface area is 83.0 Å². The van der Waals surface area contributed by atoms with Crippen molar-refractivity contribution in [2.75, 3.05) is 12.4 Å². The predicted octanol–water partition coefficient (Wildman–Crippen LogP) is -0.849. The molecular formula is C7H15NO5S. The van der Waals surface area contributed by atoms with Gasteiger partial charge in [-0.3, -0.25) is 4.79 Å². The maximum Gasteiger partial charge on any atom is 0.321 e. The first kappa shape index (κ1) is 13.3. The second-order valence-corrected chi connectivity index (χ2v) is 4.71. The molecule has 0 spiro atoms. The second-order valence-electron chi connectivity index (χ2n) is 2.84. The first-order chi connectivity index (χ1) is 6.43. The third kappa shape index (κ3) is 5.15. The van der Waals surface area contributed by atoms with Gasteiger partial charge >= 0.3 is 5.97 Å². The van der Waals surface area contributed by atoms with E-state index < -0.39 is 22.0 Å². The van der Waals surface area contributed by atoms with Crippen LogP contribution in [0.1, 0.15) is 19.8 Å². The highest BCUT2D eigenvalue weighted by molar-refractivity contribution is 7.89. The summed E-state index contributed by atoms with van der Waals surface area (Å²) in [7, 11) is -3.54. The van der Waals surface area contributed by atoms with Crippen molar-refractivity contribution in [3.8, 4) is 0 Å². The smallest absolute Gasteiger partial charge is 0.321 e. The quantitative estimate of drug-likeness (QED) is 0.523. The molecule has 0 heterocycles. The van der Waals surface area contributed by atoms with Gasteiger partial charge in [-0.05, 0) is 12.8 Å². The van der Waals surface area contributed by atoms with Gasteiger partial charge in [-0.1, -0.05) is 6.92 Å². The molecule has 0 saturated heterocycles. The second kappa shape index (κ2) is 5.94. The molecule has 0 aliphatic rings. The molecule has 0 bridgehead atoms. The van der Waals surface area contributed by atoms with E-state index in [1.165, 1.54) is 0 Å². The van der Waals surface area contributed by atoms with E-state index in [1.807, 2.05) is 4.72 Å². The van der Waals surface area contributed by atoms with Crippen LogP contribution in [0.5, 0.6) is 0 Å². The topological polar surface area (TPSA) is 104 Å². The van der Waals surface area contributed by atoms with Crippen LogP contribution in [0.4, 0.5) is 0 Å². The Hall–Kier alpha value is -0.660. The fourth-order valence-electron chi connectivity index (χ4n) is 0.906. The molecule has 0 amide bonds. The largest absolute Gasteiger partial charge is 0.480 e. The van der Waals surface area contributed by atoms with Crippen LogP contribution in [0, 0.1) is 0 Å². The van der Waals surface area contributed by atoms with E-state index >= 15 is 0 Å². The van der Waals surface area contributed by atoms with Crippen LogP contribution in [-0.2, 0) is 14.8 Å². The third-order valence-electron chi connectivity index (χ3n) is 1.51. The standard InChI is InChI=1S/C7H15NO5S/c1-2-5-14(12,13)8-6(3-4-9)7(10)11/h6,8-9H,2-5H2,1H3,(H,10,11)/t6-/m0/s1. The molecule has 0 unspecified atom stereocenters. The van der Waals surface area contributed by atoms with E-state index in [4.69, 9.17) is 10.2 Å². The van der Waals surface area contributed by atoms with Gasteiger partial charge < -0.3 is 10.2 Å². The van der Waals surface area contributed by atoms with Gasteiger partial charge in [0.1, 0.15) is 6.04 Å². The molecule has 0 aromatic rings. The number of rotatable bonds is 7. The third-order valence-corrected chi connectivity index (χ3v) is 3.10. The summed E-state index contributed by atoms with van der Waals surface area (Å²) in [4.78, 5) is 10.5. The zero-order valence-corrected chi connectivity index (χ0v) is 8.75. The molecule has 0 radical (unpaired) electrons. The summed E-state index contributed by atoms with van der Waals surface area (Å²) in [5.41, 5.74) is 0. The summed E-state index contributed by atoms with van der Waals surface area (Å²) in [6, 6.07) is -1.24. The van der Waals surface area contributed by atoms with Gasteiger partial charge in [0, 0.05) is 6.61 Å². The SMILES string of the molecule is CCCS(=O)(=O)N[C@@H](CCO)C(=O)O. The van der Waals surface area contributed by atoms with Crippen LogP contribution in [0.3, 0.4) is 0 Å². The number of carbonyl (C=O) groups is 1. The molecule has 1 atom stereocenters. The summed E-state index contributed by atoms with van der Waals surface area (Å²) < 4.78 is 24.3. The zero-order valence-electron chi connectivity index (χ0n) is 7.93. The van der Waals surface area contributed by atoms with Crippen LogP contribution in [0.25, 0.3) is 0 Å². The molecule has 0 aliphatic heterocycles. The maximum atomic E-state index is 11.2. The lowest BCUT2D eigenvalue weighted by Gasteiger charge is -2.12. The predicted molar refractivity (Wildman–Crippen MR) is 50.3 cm³/mol. The number of aliphatic hydroxyl groups excluding tert-OH is 1. The molecule has 7 heteroatoms. The number of hydrogen-bond acceptors (Lipinski definition) is 4. The molecule has 84 valence electrons. The lowest BCUT2D eigenvalue weighted by Crippen LogP contribution is -2.42. The highest BCUT2D eigenvalue weighted by atomic mass is 32.2. The fraction of sp³-hybridized carbons (Fsp3) is 0.857. The fourth-order valence-corrected chi connectivity index (χ4v) is 2.21. The number of carboxylic acid groups (broad SMARTS) is 1. The monoisotopic (exact) mass is 225 g/mol. The number of nitrogens with one attached hydrogen (secondary N) is 1. The van der Waals surface area contributed by atoms with Gasteiger partial charge in [0.25, 0.3) is 0 Å². The van der Waals surface area contributed by atoms with Crippen LogP contribution in [-0.4, -0.2) is 43.0 Å². The van der Waals surface area contributed by atoms with Gasteiger partial charge in [-0.2, -0.15) is 0 Å². The number of aliphatic hydroxyl groups is 1. The van der Waals surface area contributed by atoms with Crippen LogP contribution < -0.4 is 4.72 Å². The van der Waals surface area contributed by atoms with Crippen molar-refractivity contribution in [2.24, 2.45) is 0 Å². The minimum absolute atomic E-state index is 0.109. The molecule has 3 N–H and O–H groups in total. The van der Waals surface area contributed by atoms with Crippen LogP contribution >= 0.6 is 0 Å². The van der Waals surface area contributed by atoms with E-state index in [0.29, 0.717) is 6.42 Å². The van der Waals surface area contributed by atoms with E-state index in [9.17, 15) is 13.2 Å². The van der Waals surface area contributed by atoms with Crippen molar-refractivity contribution in [3.63, 3.8) is 0 Å². The van der Waals surface area contributed by atoms with Crippen molar-refractivity contribution < 1.29 is 23.4 Å². The van der Waals surface area contributed by atoms with Gasteiger partial charge in [-0.15, -0.1) is 0 Å². The molecule has 6 nitrogen and oxygen atoms in total. The molecular weight excluding hydrogens is 210 g/mol. The highest BCUT2D eigenvalue weighted by Gasteiger charge is 2.22. The van der Waals surface area contributed by atoms with Crippen molar-refractivity contribution in [3.05, 3.63) is 0 Å². The Morgan fingerprint density at radius 3 is 2.43 bits per heavy atom. The Balaban J connectivity index is 4.36. The average Bonchev–Trinajstić information content (AvgIpc) is 2.02. The van der Waals surface area contributed by atoms with Crippen molar-refractivity contribution in [1.29, 1.82) is 0 Å². The van der Waals surface area contributed by atoms with Gasteiger partial charge in [0.05, 0.1) is 5.75 Å². The molecule has 0 aromatic heterocycles. The normalized spacial score (nSPS) is 13.9. The minimum atomic E-state index is -3.54. The molecule has 0 saturated carbocycles. The molecule has 0 aromatic carbocycles. The minimum Gasteiger partial charge on any atom is -0.480 e. The maximum absolute atomic E-state index is 11.2. The van der Waals surface area contributed by atoms with Gasteiger partial charge in [0.15, 0.2) is 0 Å². The molecule has 14 heavy (non-hydrogen) atoms. The Morgan fingerprint density at radius 2 is 2.07 bits per heavy atom. The number of sulfonamides is 1. The lowest BCUT2D eigenvalue weighted by molar-refractivity contribution is -0.139. The van der Waals surface area contributed by atoms with Gasteiger partial charge in [-0.25, -0.2) is 13.1 Å². The van der Waals surface area contributed by atoms with Gasteiger partial charge in [0.2, 0.25) is 10.0 Å². The van der Waals surface area contributed by atoms with Crippen molar-refractivity contribution in [1.82, 2.24) is 4.72 Å². The number of carboxylic acids is 1. The Kier molecular flexibility index (Phi) is 5.66. The first-order valence-electron chi connectivity index (χ1n) is 4.26. The van der Waals surface area contributed by atoms with E-state index in [0.717, 1.165) is 0 Å². The van der Waals surface area contributed by atoms with Crippen LogP contribution in [0.2, 0.25) is 0 Å². The highest BCUT2D eigenvalue weighted by Crippen LogP contribution is 1.97. The summed E-state index contributed by atoms with van der Waals surface area (Å²) in [6.07, 6.45) is 0.291. The van der Waals surface area contributed by atoms with Crippen molar-refractivity contribution >= 4 is 16.0 Å². The Morgan fingerprint density at radius 1 is 1.50 bits per heavy atom. The Bertz CT molecular complexity index is 274. The number of hydrogen-bond donors (Lipinski definition) is 3. The zero-order chi connectivity index (χ0) is 11.2. The summed E-state index contributed by atoms with van der Waals surface area (Å²) in [5, 5.41) is 17.1. The summed E-state index contributed by atoms with van der Waals surface area (Å²) in [5.74, 6) is -1.39. The number of aliphatic carboxylic acids is 1. The molecule has 0 fully saturated rings. The van der Waals surface area contributed by atoms with E-state index in [1.54, 1.807) is 6.92 Å². The molecule has 0 rings (SSSR count).